The van der Waals surface area contributed by atoms with Gasteiger partial charge in [-0.25, -0.2) is 0 Å². The smallest absolute Gasteiger partial charge is 0.250 e. The number of para-hydroxylation sites is 2. The van der Waals surface area contributed by atoms with Crippen molar-refractivity contribution in [3.05, 3.63) is 154 Å². The second-order valence-electron chi connectivity index (χ2n) is 20.4. The Morgan fingerprint density at radius 2 is 1.04 bits per heavy atom. The van der Waals surface area contributed by atoms with E-state index in [2.05, 4.69) is 114 Å². The van der Waals surface area contributed by atoms with Gasteiger partial charge in [0.25, 0.3) is 0 Å². The molecule has 15 heteroatoms. The van der Waals surface area contributed by atoms with Crippen molar-refractivity contribution in [1.82, 2.24) is 14.9 Å². The van der Waals surface area contributed by atoms with Crippen LogP contribution >= 0.6 is 23.5 Å². The summed E-state index contributed by atoms with van der Waals surface area (Å²) >= 11 is 3.44. The predicted octanol–water partition coefficient (Wildman–Crippen LogP) is 12.1. The molecule has 5 aliphatic heterocycles. The first-order valence-corrected chi connectivity index (χ1v) is 28.7. The largest absolute Gasteiger partial charge is 0.454 e. The Hall–Kier alpha value is -6.62. The van der Waals surface area contributed by atoms with E-state index < -0.39 is 0 Å². The first-order valence-electron chi connectivity index (χ1n) is 27.1. The van der Waals surface area contributed by atoms with Crippen molar-refractivity contribution in [3.8, 4) is 45.5 Å². The summed E-state index contributed by atoms with van der Waals surface area (Å²) < 4.78 is 23.9. The Balaban J connectivity index is 0.000000157. The number of benzene rings is 5. The van der Waals surface area contributed by atoms with Crippen LogP contribution in [0.2, 0.25) is 0 Å². The summed E-state index contributed by atoms with van der Waals surface area (Å²) in [6.45, 7) is 9.13. The van der Waals surface area contributed by atoms with E-state index in [0.29, 0.717) is 38.5 Å². The molecule has 4 N–H and O–H groups in total. The lowest BCUT2D eigenvalue weighted by molar-refractivity contribution is 0.122. The van der Waals surface area contributed by atoms with E-state index in [4.69, 9.17) is 18.9 Å². The Morgan fingerprint density at radius 3 is 1.59 bits per heavy atom. The maximum atomic E-state index is 12.6. The number of likely N-dealkylation sites (tertiary alicyclic amines) is 1. The normalized spacial score (nSPS) is 18.3. The Kier molecular flexibility index (Phi) is 15.4. The molecule has 1 saturated carbocycles. The molecule has 4 fully saturated rings. The zero-order valence-corrected chi connectivity index (χ0v) is 44.5. The molecule has 7 aromatic rings. The SMILES string of the molecule is O=c1cc(N2CCOCC2)cc(-c2cccc3c2Oc2ccc(NC4CCCCC4)cc2S3)[nH]1.O=c1cc(N2CCOCC2)cc(-c2cccc3c2Oc2ccc(NC4CCCN(CCc5ccccc5)C4)cc2S3)[nH]1. The minimum Gasteiger partial charge on any atom is -0.454 e. The molecule has 0 spiro atoms. The molecule has 0 amide bonds. The van der Waals surface area contributed by atoms with Gasteiger partial charge in [-0.1, -0.05) is 85.3 Å². The van der Waals surface area contributed by atoms with Crippen molar-refractivity contribution in [2.24, 2.45) is 0 Å². The van der Waals surface area contributed by atoms with Gasteiger partial charge in [0.05, 0.1) is 57.4 Å². The lowest BCUT2D eigenvalue weighted by Gasteiger charge is -2.34. The van der Waals surface area contributed by atoms with Crippen LogP contribution in [0.5, 0.6) is 23.0 Å². The number of hydrogen-bond donors (Lipinski definition) is 4. The predicted molar refractivity (Wildman–Crippen MR) is 306 cm³/mol. The number of morpholine rings is 2. The Morgan fingerprint density at radius 1 is 0.513 bits per heavy atom. The maximum Gasteiger partial charge on any atom is 0.250 e. The zero-order chi connectivity index (χ0) is 51.2. The van der Waals surface area contributed by atoms with E-state index in [0.717, 1.165) is 134 Å². The van der Waals surface area contributed by atoms with Crippen LogP contribution in [0.15, 0.2) is 157 Å². The molecule has 0 bridgehead atoms. The standard InChI is InChI=1S/C34H36N4O3S.C27H29N3O3S/c39-33-22-27(38-16-18-40-19-17-38)21-29(36-33)28-9-4-10-31-34(28)41-30-12-11-25(20-32(30)42-31)35-26-8-5-14-37(23-26)15-13-24-6-2-1-3-7-24;31-26-17-20(30-11-13-32-14-12-30)16-22(29-26)21-7-4-8-24-27(21)33-23-10-9-19(15-25(23)34-24)28-18-5-2-1-3-6-18/h1-4,6-7,9-12,20-22,26,35H,5,8,13-19,23H2,(H,36,39);4,7-10,15-18,28H,1-3,5-6,11-14H2,(H,29,31). The number of fused-ring (bicyclic) bond motifs is 4. The zero-order valence-electron chi connectivity index (χ0n) is 42.8. The second kappa shape index (κ2) is 23.3. The van der Waals surface area contributed by atoms with Crippen molar-refractivity contribution >= 4 is 46.3 Å². The first-order chi connectivity index (χ1) is 37.4. The van der Waals surface area contributed by atoms with Gasteiger partial charge in [-0.2, -0.15) is 0 Å². The molecule has 1 atom stereocenters. The van der Waals surface area contributed by atoms with E-state index in [1.165, 1.54) is 57.1 Å². The number of H-pyrrole nitrogens is 2. The molecule has 76 heavy (non-hydrogen) atoms. The molecule has 3 saturated heterocycles. The van der Waals surface area contributed by atoms with Crippen molar-refractivity contribution in [2.45, 2.75) is 83.0 Å². The highest BCUT2D eigenvalue weighted by molar-refractivity contribution is 8.00. The van der Waals surface area contributed by atoms with E-state index in [9.17, 15) is 9.59 Å². The van der Waals surface area contributed by atoms with Crippen LogP contribution < -0.4 is 41.0 Å². The quantitative estimate of drug-likeness (QED) is 0.0979. The summed E-state index contributed by atoms with van der Waals surface area (Å²) in [4.78, 5) is 42.5. The lowest BCUT2D eigenvalue weighted by atomic mass is 9.95. The molecule has 7 heterocycles. The molecule has 392 valence electrons. The van der Waals surface area contributed by atoms with Crippen LogP contribution in [0.4, 0.5) is 22.7 Å². The number of hydrogen-bond acceptors (Lipinski definition) is 13. The number of pyridine rings is 2. The van der Waals surface area contributed by atoms with Crippen molar-refractivity contribution in [1.29, 1.82) is 0 Å². The molecular weight excluding hydrogens is 991 g/mol. The number of aromatic nitrogens is 2. The van der Waals surface area contributed by atoms with Gasteiger partial charge in [0.1, 0.15) is 11.5 Å². The van der Waals surface area contributed by atoms with E-state index >= 15 is 0 Å². The first kappa shape index (κ1) is 50.2. The van der Waals surface area contributed by atoms with Crippen LogP contribution in [0, 0.1) is 0 Å². The van der Waals surface area contributed by atoms with Gasteiger partial charge >= 0.3 is 0 Å². The third-order valence-electron chi connectivity index (χ3n) is 15.1. The van der Waals surface area contributed by atoms with Gasteiger partial charge in [0, 0.05) is 97.4 Å². The topological polar surface area (TPSA) is 136 Å². The molecule has 5 aromatic carbocycles. The molecule has 1 unspecified atom stereocenters. The van der Waals surface area contributed by atoms with Crippen molar-refractivity contribution in [3.63, 3.8) is 0 Å². The van der Waals surface area contributed by atoms with Gasteiger partial charge in [0.2, 0.25) is 11.1 Å². The molecule has 1 aliphatic carbocycles. The number of ether oxygens (including phenoxy) is 4. The van der Waals surface area contributed by atoms with Gasteiger partial charge in [-0.05, 0) is 117 Å². The summed E-state index contributed by atoms with van der Waals surface area (Å²) in [5.41, 5.74) is 8.60. The number of nitrogens with one attached hydrogen (secondary N) is 4. The fraction of sp³-hybridized carbons (Fsp3) is 0.344. The van der Waals surface area contributed by atoms with Gasteiger partial charge in [-0.3, -0.25) is 9.59 Å². The summed E-state index contributed by atoms with van der Waals surface area (Å²) in [5, 5.41) is 7.51. The second-order valence-corrected chi connectivity index (χ2v) is 22.6. The van der Waals surface area contributed by atoms with Gasteiger partial charge in [-0.15, -0.1) is 0 Å². The number of piperidine rings is 1. The van der Waals surface area contributed by atoms with Crippen LogP contribution in [0.3, 0.4) is 0 Å². The third kappa shape index (κ3) is 11.8. The third-order valence-corrected chi connectivity index (χ3v) is 17.3. The van der Waals surface area contributed by atoms with Crippen molar-refractivity contribution in [2.75, 3.05) is 92.7 Å². The summed E-state index contributed by atoms with van der Waals surface area (Å²) in [5.74, 6) is 3.27. The average Bonchev–Trinajstić information content (AvgIpc) is 3.51. The van der Waals surface area contributed by atoms with E-state index in [1.54, 1.807) is 35.7 Å². The van der Waals surface area contributed by atoms with Crippen LogP contribution in [-0.4, -0.2) is 99.2 Å². The Bertz CT molecular complexity index is 3280. The number of rotatable bonds is 11. The number of nitrogens with zero attached hydrogens (tertiary/aromatic N) is 3. The highest BCUT2D eigenvalue weighted by Gasteiger charge is 2.27. The molecule has 6 aliphatic rings. The fourth-order valence-corrected chi connectivity index (χ4v) is 13.2. The fourth-order valence-electron chi connectivity index (χ4n) is 11.2. The summed E-state index contributed by atoms with van der Waals surface area (Å²) in [6, 6.07) is 44.2. The summed E-state index contributed by atoms with van der Waals surface area (Å²) in [6.07, 6.45) is 9.94. The average molecular weight is 1060 g/mol. The highest BCUT2D eigenvalue weighted by atomic mass is 32.2. The summed E-state index contributed by atoms with van der Waals surface area (Å²) in [7, 11) is 0. The van der Waals surface area contributed by atoms with Crippen LogP contribution in [-0.2, 0) is 15.9 Å². The molecule has 13 rings (SSSR count). The minimum absolute atomic E-state index is 0.112. The maximum absolute atomic E-state index is 12.6. The number of anilines is 4. The van der Waals surface area contributed by atoms with Crippen LogP contribution in [0.25, 0.3) is 22.5 Å². The monoisotopic (exact) mass is 1060 g/mol. The van der Waals surface area contributed by atoms with E-state index in [-0.39, 0.29) is 11.1 Å². The number of aromatic amines is 2. The Labute approximate surface area is 452 Å². The van der Waals surface area contributed by atoms with Crippen LogP contribution in [0.1, 0.15) is 50.5 Å². The molecular formula is C61H65N7O6S2. The molecule has 13 nitrogen and oxygen atoms in total. The van der Waals surface area contributed by atoms with Gasteiger partial charge < -0.3 is 54.2 Å². The lowest BCUT2D eigenvalue weighted by Crippen LogP contribution is -2.42. The molecule has 2 aromatic heterocycles. The minimum atomic E-state index is -0.118. The van der Waals surface area contributed by atoms with Crippen molar-refractivity contribution < 1.29 is 18.9 Å². The van der Waals surface area contributed by atoms with E-state index in [1.807, 2.05) is 36.4 Å². The highest BCUT2D eigenvalue weighted by Crippen LogP contribution is 2.53. The van der Waals surface area contributed by atoms with Gasteiger partial charge in [0.15, 0.2) is 11.5 Å². The molecule has 0 radical (unpaired) electrons.